The highest BCUT2D eigenvalue weighted by Crippen LogP contribution is 2.30. The summed E-state index contributed by atoms with van der Waals surface area (Å²) in [6.07, 6.45) is 0. The van der Waals surface area contributed by atoms with Crippen LogP contribution in [0.1, 0.15) is 15.9 Å². The SMILES string of the molecule is COc1ccc(C(=O)c2ccccc2)c(OS(=O)(=O)c2cc(F)cc(F)c2)c1. The van der Waals surface area contributed by atoms with E-state index in [0.29, 0.717) is 23.8 Å². The van der Waals surface area contributed by atoms with Gasteiger partial charge in [0.05, 0.1) is 12.7 Å². The molecule has 0 atom stereocenters. The molecule has 0 radical (unpaired) electrons. The maximum absolute atomic E-state index is 13.4. The summed E-state index contributed by atoms with van der Waals surface area (Å²) >= 11 is 0. The molecule has 28 heavy (non-hydrogen) atoms. The van der Waals surface area contributed by atoms with E-state index >= 15 is 0 Å². The molecule has 0 fully saturated rings. The normalized spacial score (nSPS) is 11.1. The van der Waals surface area contributed by atoms with Gasteiger partial charge >= 0.3 is 10.1 Å². The summed E-state index contributed by atoms with van der Waals surface area (Å²) < 4.78 is 61.9. The maximum Gasteiger partial charge on any atom is 0.339 e. The molecule has 0 aliphatic heterocycles. The zero-order valence-electron chi connectivity index (χ0n) is 14.6. The highest BCUT2D eigenvalue weighted by atomic mass is 32.2. The van der Waals surface area contributed by atoms with Gasteiger partial charge in [-0.25, -0.2) is 8.78 Å². The molecule has 0 N–H and O–H groups in total. The van der Waals surface area contributed by atoms with Crippen LogP contribution >= 0.6 is 0 Å². The number of halogens is 2. The summed E-state index contributed by atoms with van der Waals surface area (Å²) in [7, 11) is -3.25. The van der Waals surface area contributed by atoms with Gasteiger partial charge in [0.2, 0.25) is 0 Å². The van der Waals surface area contributed by atoms with Gasteiger partial charge in [0.15, 0.2) is 11.5 Å². The van der Waals surface area contributed by atoms with Crippen LogP contribution in [0.25, 0.3) is 0 Å². The highest BCUT2D eigenvalue weighted by Gasteiger charge is 2.24. The number of hydrogen-bond donors (Lipinski definition) is 0. The maximum atomic E-state index is 13.4. The van der Waals surface area contributed by atoms with E-state index in [0.717, 1.165) is 0 Å². The molecule has 144 valence electrons. The fourth-order valence-corrected chi connectivity index (χ4v) is 3.45. The first-order valence-electron chi connectivity index (χ1n) is 7.98. The second-order valence-corrected chi connectivity index (χ2v) is 7.25. The van der Waals surface area contributed by atoms with Crippen molar-refractivity contribution in [2.75, 3.05) is 7.11 Å². The summed E-state index contributed by atoms with van der Waals surface area (Å²) in [4.78, 5) is 12.0. The third-order valence-electron chi connectivity index (χ3n) is 3.79. The molecule has 0 heterocycles. The largest absolute Gasteiger partial charge is 0.497 e. The lowest BCUT2D eigenvalue weighted by Gasteiger charge is -2.13. The first-order chi connectivity index (χ1) is 13.3. The Morgan fingerprint density at radius 1 is 0.893 bits per heavy atom. The monoisotopic (exact) mass is 404 g/mol. The zero-order chi connectivity index (χ0) is 20.3. The Morgan fingerprint density at radius 3 is 2.14 bits per heavy atom. The van der Waals surface area contributed by atoms with E-state index in [2.05, 4.69) is 0 Å². The molecule has 0 spiro atoms. The van der Waals surface area contributed by atoms with Gasteiger partial charge in [-0.15, -0.1) is 0 Å². The van der Waals surface area contributed by atoms with E-state index in [1.54, 1.807) is 30.3 Å². The first kappa shape index (κ1) is 19.5. The molecular formula is C20H14F2O5S. The fraction of sp³-hybridized carbons (Fsp3) is 0.0500. The van der Waals surface area contributed by atoms with Gasteiger partial charge < -0.3 is 8.92 Å². The van der Waals surface area contributed by atoms with Crippen LogP contribution in [-0.2, 0) is 10.1 Å². The smallest absolute Gasteiger partial charge is 0.339 e. The number of ether oxygens (including phenoxy) is 1. The van der Waals surface area contributed by atoms with Crippen LogP contribution in [0.3, 0.4) is 0 Å². The second-order valence-electron chi connectivity index (χ2n) is 5.70. The van der Waals surface area contributed by atoms with Gasteiger partial charge in [0.1, 0.15) is 22.3 Å². The Kier molecular flexibility index (Phi) is 5.41. The molecule has 3 aromatic carbocycles. The predicted octanol–water partition coefficient (Wildman–Crippen LogP) is 3.97. The van der Waals surface area contributed by atoms with E-state index in [-0.39, 0.29) is 17.1 Å². The van der Waals surface area contributed by atoms with E-state index < -0.39 is 32.4 Å². The van der Waals surface area contributed by atoms with Gasteiger partial charge in [0, 0.05) is 17.7 Å². The Balaban J connectivity index is 2.06. The number of ketones is 1. The first-order valence-corrected chi connectivity index (χ1v) is 9.39. The van der Waals surface area contributed by atoms with Gasteiger partial charge in [-0.2, -0.15) is 8.42 Å². The van der Waals surface area contributed by atoms with Crippen LogP contribution in [0.5, 0.6) is 11.5 Å². The minimum Gasteiger partial charge on any atom is -0.497 e. The predicted molar refractivity (Wildman–Crippen MR) is 97.0 cm³/mol. The van der Waals surface area contributed by atoms with Crippen molar-refractivity contribution in [3.8, 4) is 11.5 Å². The molecular weight excluding hydrogens is 390 g/mol. The van der Waals surface area contributed by atoms with Gasteiger partial charge in [-0.3, -0.25) is 4.79 Å². The Morgan fingerprint density at radius 2 is 1.54 bits per heavy atom. The molecule has 0 aliphatic rings. The summed E-state index contributed by atoms with van der Waals surface area (Å²) in [6, 6.07) is 14.0. The van der Waals surface area contributed by atoms with E-state index in [1.165, 1.54) is 25.3 Å². The van der Waals surface area contributed by atoms with Crippen molar-refractivity contribution in [1.82, 2.24) is 0 Å². The number of hydrogen-bond acceptors (Lipinski definition) is 5. The second kappa shape index (κ2) is 7.77. The molecule has 0 bridgehead atoms. The molecule has 3 aromatic rings. The summed E-state index contributed by atoms with van der Waals surface area (Å²) in [5.74, 6) is -2.72. The van der Waals surface area contributed by atoms with E-state index in [4.69, 9.17) is 8.92 Å². The fourth-order valence-electron chi connectivity index (χ4n) is 2.47. The molecule has 5 nitrogen and oxygen atoms in total. The zero-order valence-corrected chi connectivity index (χ0v) is 15.4. The quantitative estimate of drug-likeness (QED) is 0.459. The molecule has 0 saturated carbocycles. The third-order valence-corrected chi connectivity index (χ3v) is 5.01. The number of methoxy groups -OCH3 is 1. The van der Waals surface area contributed by atoms with Gasteiger partial charge in [-0.1, -0.05) is 30.3 Å². The Hall–Kier alpha value is -3.26. The van der Waals surface area contributed by atoms with Crippen molar-refractivity contribution in [2.45, 2.75) is 4.90 Å². The van der Waals surface area contributed by atoms with Crippen molar-refractivity contribution in [1.29, 1.82) is 0 Å². The lowest BCUT2D eigenvalue weighted by Crippen LogP contribution is -2.13. The highest BCUT2D eigenvalue weighted by molar-refractivity contribution is 7.87. The number of carbonyl (C=O) groups excluding carboxylic acids is 1. The lowest BCUT2D eigenvalue weighted by molar-refractivity contribution is 0.103. The molecule has 0 saturated heterocycles. The van der Waals surface area contributed by atoms with Gasteiger partial charge in [0.25, 0.3) is 0 Å². The van der Waals surface area contributed by atoms with Crippen molar-refractivity contribution in [2.24, 2.45) is 0 Å². The van der Waals surface area contributed by atoms with Crippen LogP contribution in [-0.4, -0.2) is 21.3 Å². The van der Waals surface area contributed by atoms with Crippen molar-refractivity contribution in [3.05, 3.63) is 89.5 Å². The van der Waals surface area contributed by atoms with E-state index in [9.17, 15) is 22.0 Å². The summed E-state index contributed by atoms with van der Waals surface area (Å²) in [5, 5.41) is 0. The molecule has 0 amide bonds. The van der Waals surface area contributed by atoms with Gasteiger partial charge in [-0.05, 0) is 24.3 Å². The van der Waals surface area contributed by atoms with Crippen molar-refractivity contribution in [3.63, 3.8) is 0 Å². The minimum absolute atomic E-state index is 0.0487. The minimum atomic E-state index is -4.61. The number of carbonyl (C=O) groups is 1. The standard InChI is InChI=1S/C20H14F2O5S/c1-26-16-7-8-18(20(23)13-5-3-2-4-6-13)19(12-16)27-28(24,25)17-10-14(21)9-15(22)11-17/h2-12H,1H3. The van der Waals surface area contributed by atoms with E-state index in [1.807, 2.05) is 0 Å². The Labute approximate surface area is 160 Å². The van der Waals surface area contributed by atoms with Crippen LogP contribution in [0.4, 0.5) is 8.78 Å². The topological polar surface area (TPSA) is 69.7 Å². The van der Waals surface area contributed by atoms with Crippen LogP contribution in [0.15, 0.2) is 71.6 Å². The Bertz CT molecular complexity index is 1110. The average molecular weight is 404 g/mol. The van der Waals surface area contributed by atoms with Crippen LogP contribution in [0.2, 0.25) is 0 Å². The van der Waals surface area contributed by atoms with Crippen LogP contribution in [0, 0.1) is 11.6 Å². The summed E-state index contributed by atoms with van der Waals surface area (Å²) in [6.45, 7) is 0. The molecule has 0 unspecified atom stereocenters. The number of benzene rings is 3. The van der Waals surface area contributed by atoms with Crippen LogP contribution < -0.4 is 8.92 Å². The van der Waals surface area contributed by atoms with Crippen molar-refractivity contribution >= 4 is 15.9 Å². The average Bonchev–Trinajstić information content (AvgIpc) is 2.67. The summed E-state index contributed by atoms with van der Waals surface area (Å²) in [5.41, 5.74) is 0.263. The molecule has 8 heteroatoms. The third kappa shape index (κ3) is 4.17. The number of rotatable bonds is 6. The van der Waals surface area contributed by atoms with Crippen molar-refractivity contribution < 1.29 is 30.9 Å². The lowest BCUT2D eigenvalue weighted by atomic mass is 10.0. The molecule has 3 rings (SSSR count). The molecule has 0 aromatic heterocycles. The molecule has 0 aliphatic carbocycles.